The monoisotopic (exact) mass is 295 g/mol. The number of hydrogen-bond donors (Lipinski definition) is 0. The van der Waals surface area contributed by atoms with Crippen LogP contribution in [0.1, 0.15) is 17.5 Å². The lowest BCUT2D eigenvalue weighted by Crippen LogP contribution is -2.35. The van der Waals surface area contributed by atoms with Crippen molar-refractivity contribution >= 4 is 10.0 Å². The van der Waals surface area contributed by atoms with Gasteiger partial charge in [-0.05, 0) is 35.8 Å². The molecule has 3 rings (SSSR count). The van der Waals surface area contributed by atoms with Crippen molar-refractivity contribution in [1.82, 2.24) is 4.31 Å². The van der Waals surface area contributed by atoms with Gasteiger partial charge < -0.3 is 4.74 Å². The Labute approximate surface area is 120 Å². The van der Waals surface area contributed by atoms with Gasteiger partial charge in [-0.2, -0.15) is 0 Å². The van der Waals surface area contributed by atoms with Crippen LogP contribution < -0.4 is 0 Å². The van der Waals surface area contributed by atoms with E-state index in [1.54, 1.807) is 4.31 Å². The van der Waals surface area contributed by atoms with Crippen molar-refractivity contribution in [3.63, 3.8) is 0 Å². The summed E-state index contributed by atoms with van der Waals surface area (Å²) in [5.41, 5.74) is 2.91. The molecule has 1 aromatic carbocycles. The van der Waals surface area contributed by atoms with Gasteiger partial charge in [-0.15, -0.1) is 0 Å². The molecule has 20 heavy (non-hydrogen) atoms. The Balaban J connectivity index is 1.72. The summed E-state index contributed by atoms with van der Waals surface area (Å²) < 4.78 is 31.1. The van der Waals surface area contributed by atoms with Crippen LogP contribution in [0.25, 0.3) is 0 Å². The predicted molar refractivity (Wildman–Crippen MR) is 78.1 cm³/mol. The van der Waals surface area contributed by atoms with Crippen molar-refractivity contribution < 1.29 is 13.2 Å². The van der Waals surface area contributed by atoms with Gasteiger partial charge in [0, 0.05) is 20.2 Å². The first kappa shape index (κ1) is 14.0. The molecule has 0 bridgehead atoms. The Morgan fingerprint density at radius 1 is 1.25 bits per heavy atom. The second-order valence-electron chi connectivity index (χ2n) is 6.01. The third-order valence-electron chi connectivity index (χ3n) is 4.59. The summed E-state index contributed by atoms with van der Waals surface area (Å²) in [6.07, 6.45) is 2.99. The molecule has 0 saturated carbocycles. The summed E-state index contributed by atoms with van der Waals surface area (Å²) in [7, 11) is -1.63. The highest BCUT2D eigenvalue weighted by molar-refractivity contribution is 7.89. The van der Waals surface area contributed by atoms with E-state index in [1.807, 2.05) is 0 Å². The fourth-order valence-corrected chi connectivity index (χ4v) is 4.99. The standard InChI is InChI=1S/C15H21NO3S/c1-19-8-9-20(17,18)16-7-6-15(12-16)10-13-4-2-3-5-14(13)11-15/h2-5H,6-12H2,1H3. The van der Waals surface area contributed by atoms with Crippen molar-refractivity contribution in [2.24, 2.45) is 5.41 Å². The molecule has 0 aromatic heterocycles. The van der Waals surface area contributed by atoms with Crippen molar-refractivity contribution in [3.8, 4) is 0 Å². The number of sulfonamides is 1. The maximum atomic E-state index is 12.3. The predicted octanol–water partition coefficient (Wildman–Crippen LogP) is 1.45. The second-order valence-corrected chi connectivity index (χ2v) is 8.10. The van der Waals surface area contributed by atoms with Crippen molar-refractivity contribution in [3.05, 3.63) is 35.4 Å². The SMILES string of the molecule is COCCS(=O)(=O)N1CCC2(Cc3ccccc3C2)C1. The average Bonchev–Trinajstić information content (AvgIpc) is 3.00. The molecule has 4 nitrogen and oxygen atoms in total. The number of benzene rings is 1. The Morgan fingerprint density at radius 2 is 1.90 bits per heavy atom. The lowest BCUT2D eigenvalue weighted by atomic mass is 9.84. The van der Waals surface area contributed by atoms with E-state index >= 15 is 0 Å². The van der Waals surface area contributed by atoms with Crippen LogP contribution in [-0.2, 0) is 27.6 Å². The molecular formula is C15H21NO3S. The van der Waals surface area contributed by atoms with Crippen LogP contribution in [0.4, 0.5) is 0 Å². The first-order valence-electron chi connectivity index (χ1n) is 7.08. The molecule has 0 atom stereocenters. The van der Waals surface area contributed by atoms with E-state index in [4.69, 9.17) is 4.74 Å². The van der Waals surface area contributed by atoms with Gasteiger partial charge in [0.1, 0.15) is 0 Å². The van der Waals surface area contributed by atoms with Crippen LogP contribution in [0, 0.1) is 5.41 Å². The van der Waals surface area contributed by atoms with Gasteiger partial charge in [-0.25, -0.2) is 12.7 Å². The van der Waals surface area contributed by atoms with E-state index in [0.29, 0.717) is 13.1 Å². The summed E-state index contributed by atoms with van der Waals surface area (Å²) >= 11 is 0. The van der Waals surface area contributed by atoms with Crippen LogP contribution in [0.5, 0.6) is 0 Å². The third-order valence-corrected chi connectivity index (χ3v) is 6.37. The highest BCUT2D eigenvalue weighted by Gasteiger charge is 2.45. The Bertz CT molecular complexity index is 572. The number of rotatable bonds is 4. The van der Waals surface area contributed by atoms with Crippen LogP contribution >= 0.6 is 0 Å². The maximum absolute atomic E-state index is 12.3. The summed E-state index contributed by atoms with van der Waals surface area (Å²) in [5.74, 6) is 0.0898. The van der Waals surface area contributed by atoms with Crippen LogP contribution in [0.15, 0.2) is 24.3 Å². The van der Waals surface area contributed by atoms with Crippen LogP contribution in [0.2, 0.25) is 0 Å². The Morgan fingerprint density at radius 3 is 2.50 bits per heavy atom. The molecule has 1 spiro atoms. The minimum Gasteiger partial charge on any atom is -0.384 e. The highest BCUT2D eigenvalue weighted by Crippen LogP contribution is 2.44. The topological polar surface area (TPSA) is 46.6 Å². The first-order chi connectivity index (χ1) is 9.55. The third kappa shape index (κ3) is 2.50. The van der Waals surface area contributed by atoms with E-state index in [9.17, 15) is 8.42 Å². The zero-order valence-corrected chi connectivity index (χ0v) is 12.7. The van der Waals surface area contributed by atoms with Crippen molar-refractivity contribution in [1.29, 1.82) is 0 Å². The smallest absolute Gasteiger partial charge is 0.216 e. The zero-order valence-electron chi connectivity index (χ0n) is 11.8. The molecule has 5 heteroatoms. The lowest BCUT2D eigenvalue weighted by molar-refractivity contribution is 0.215. The quantitative estimate of drug-likeness (QED) is 0.845. The van der Waals surface area contributed by atoms with Crippen molar-refractivity contribution in [2.45, 2.75) is 19.3 Å². The number of hydrogen-bond acceptors (Lipinski definition) is 3. The molecule has 2 aliphatic rings. The molecule has 0 radical (unpaired) electrons. The van der Waals surface area contributed by atoms with Gasteiger partial charge in [-0.3, -0.25) is 0 Å². The Hall–Kier alpha value is -0.910. The van der Waals surface area contributed by atoms with Crippen LogP contribution in [0.3, 0.4) is 0 Å². The van der Waals surface area contributed by atoms with E-state index in [0.717, 1.165) is 19.3 Å². The minimum absolute atomic E-state index is 0.0898. The summed E-state index contributed by atoms with van der Waals surface area (Å²) in [4.78, 5) is 0. The molecular weight excluding hydrogens is 274 g/mol. The van der Waals surface area contributed by atoms with Crippen LogP contribution in [-0.4, -0.2) is 45.3 Å². The molecule has 110 valence electrons. The molecule has 0 unspecified atom stereocenters. The number of ether oxygens (including phenoxy) is 1. The Kier molecular flexibility index (Phi) is 3.60. The van der Waals surface area contributed by atoms with Crippen molar-refractivity contribution in [2.75, 3.05) is 32.6 Å². The zero-order chi connectivity index (χ0) is 14.2. The van der Waals surface area contributed by atoms with E-state index < -0.39 is 10.0 Å². The molecule has 1 aliphatic carbocycles. The number of methoxy groups -OCH3 is 1. The molecule has 1 heterocycles. The average molecular weight is 295 g/mol. The first-order valence-corrected chi connectivity index (χ1v) is 8.69. The molecule has 1 aliphatic heterocycles. The fraction of sp³-hybridized carbons (Fsp3) is 0.600. The normalized spacial score (nSPS) is 21.4. The van der Waals surface area contributed by atoms with Gasteiger partial charge >= 0.3 is 0 Å². The lowest BCUT2D eigenvalue weighted by Gasteiger charge is -2.23. The second kappa shape index (κ2) is 5.13. The highest BCUT2D eigenvalue weighted by atomic mass is 32.2. The van der Waals surface area contributed by atoms with Gasteiger partial charge in [0.25, 0.3) is 0 Å². The summed E-state index contributed by atoms with van der Waals surface area (Å²) in [6.45, 7) is 1.58. The molecule has 1 aromatic rings. The summed E-state index contributed by atoms with van der Waals surface area (Å²) in [5, 5.41) is 0. The molecule has 0 N–H and O–H groups in total. The number of fused-ring (bicyclic) bond motifs is 1. The van der Waals surface area contributed by atoms with E-state index in [2.05, 4.69) is 24.3 Å². The van der Waals surface area contributed by atoms with Gasteiger partial charge in [0.15, 0.2) is 0 Å². The summed E-state index contributed by atoms with van der Waals surface area (Å²) in [6, 6.07) is 8.48. The minimum atomic E-state index is -3.16. The molecule has 1 fully saturated rings. The fourth-order valence-electron chi connectivity index (χ4n) is 3.51. The molecule has 1 saturated heterocycles. The van der Waals surface area contributed by atoms with Gasteiger partial charge in [0.05, 0.1) is 12.4 Å². The van der Waals surface area contributed by atoms with E-state index in [-0.39, 0.29) is 17.8 Å². The van der Waals surface area contributed by atoms with Gasteiger partial charge in [0.2, 0.25) is 10.0 Å². The van der Waals surface area contributed by atoms with E-state index in [1.165, 1.54) is 18.2 Å². The largest absolute Gasteiger partial charge is 0.384 e. The molecule has 0 amide bonds. The number of nitrogens with zero attached hydrogens (tertiary/aromatic N) is 1. The van der Waals surface area contributed by atoms with Gasteiger partial charge in [-0.1, -0.05) is 24.3 Å². The maximum Gasteiger partial charge on any atom is 0.216 e.